The fraction of sp³-hybridized carbons (Fsp3) is 0.706. The highest BCUT2D eigenvalue weighted by Crippen LogP contribution is 2.25. The quantitative estimate of drug-likeness (QED) is 0.847. The van der Waals surface area contributed by atoms with Crippen LogP contribution in [0.1, 0.15) is 36.8 Å². The summed E-state index contributed by atoms with van der Waals surface area (Å²) < 4.78 is 5.14. The molecule has 2 heterocycles. The molecule has 1 aliphatic rings. The van der Waals surface area contributed by atoms with Gasteiger partial charge in [0, 0.05) is 44.5 Å². The van der Waals surface area contributed by atoms with Crippen molar-refractivity contribution >= 4 is 11.7 Å². The van der Waals surface area contributed by atoms with Crippen LogP contribution in [0.4, 0.5) is 5.82 Å². The maximum atomic E-state index is 12.2. The molecule has 0 saturated carbocycles. The van der Waals surface area contributed by atoms with E-state index < -0.39 is 0 Å². The molecular weight excluding hydrogens is 292 g/mol. The molecule has 1 fully saturated rings. The van der Waals surface area contributed by atoms with Crippen molar-refractivity contribution in [3.8, 4) is 0 Å². The van der Waals surface area contributed by atoms with E-state index >= 15 is 0 Å². The summed E-state index contributed by atoms with van der Waals surface area (Å²) in [5.41, 5.74) is 2.18. The van der Waals surface area contributed by atoms with Crippen LogP contribution in [0.2, 0.25) is 0 Å². The van der Waals surface area contributed by atoms with Crippen LogP contribution in [0.25, 0.3) is 0 Å². The average Bonchev–Trinajstić information content (AvgIpc) is 2.56. The van der Waals surface area contributed by atoms with Crippen LogP contribution in [-0.4, -0.2) is 60.2 Å². The lowest BCUT2D eigenvalue weighted by atomic mass is 10.0. The SMILES string of the molecule is COC(C)C(=O)N(C)C1CCN(c2nc(C)nc(C)c2C)CC1. The van der Waals surface area contributed by atoms with Crippen LogP contribution in [0.3, 0.4) is 0 Å². The molecule has 0 bridgehead atoms. The number of carbonyl (C=O) groups is 1. The number of piperidine rings is 1. The molecule has 1 aromatic rings. The summed E-state index contributed by atoms with van der Waals surface area (Å²) in [4.78, 5) is 25.4. The molecule has 6 nitrogen and oxygen atoms in total. The number of aryl methyl sites for hydroxylation is 2. The van der Waals surface area contributed by atoms with Gasteiger partial charge in [-0.2, -0.15) is 0 Å². The predicted octanol–water partition coefficient (Wildman–Crippen LogP) is 1.86. The maximum Gasteiger partial charge on any atom is 0.251 e. The summed E-state index contributed by atoms with van der Waals surface area (Å²) in [6, 6.07) is 0.265. The molecule has 0 aromatic carbocycles. The second-order valence-electron chi connectivity index (χ2n) is 6.35. The predicted molar refractivity (Wildman–Crippen MR) is 90.7 cm³/mol. The van der Waals surface area contributed by atoms with Gasteiger partial charge >= 0.3 is 0 Å². The minimum Gasteiger partial charge on any atom is -0.372 e. The molecule has 23 heavy (non-hydrogen) atoms. The van der Waals surface area contributed by atoms with Crippen molar-refractivity contribution in [1.82, 2.24) is 14.9 Å². The Hall–Kier alpha value is -1.69. The van der Waals surface area contributed by atoms with Crippen LogP contribution < -0.4 is 4.90 Å². The number of carbonyl (C=O) groups excluding carboxylic acids is 1. The summed E-state index contributed by atoms with van der Waals surface area (Å²) in [5, 5.41) is 0. The number of rotatable bonds is 4. The Morgan fingerprint density at radius 3 is 2.43 bits per heavy atom. The fourth-order valence-electron chi connectivity index (χ4n) is 3.09. The number of methoxy groups -OCH3 is 1. The topological polar surface area (TPSA) is 58.6 Å². The number of hydrogen-bond donors (Lipinski definition) is 0. The third kappa shape index (κ3) is 3.80. The van der Waals surface area contributed by atoms with E-state index in [2.05, 4.69) is 21.8 Å². The van der Waals surface area contributed by atoms with Gasteiger partial charge in [-0.15, -0.1) is 0 Å². The third-order valence-electron chi connectivity index (χ3n) is 4.84. The van der Waals surface area contributed by atoms with Crippen molar-refractivity contribution in [3.05, 3.63) is 17.1 Å². The summed E-state index contributed by atoms with van der Waals surface area (Å²) in [5.74, 6) is 1.90. The largest absolute Gasteiger partial charge is 0.372 e. The molecule has 128 valence electrons. The Balaban J connectivity index is 2.03. The van der Waals surface area contributed by atoms with Crippen LogP contribution >= 0.6 is 0 Å². The van der Waals surface area contributed by atoms with Crippen molar-refractivity contribution in [1.29, 1.82) is 0 Å². The van der Waals surface area contributed by atoms with Crippen LogP contribution in [-0.2, 0) is 9.53 Å². The molecule has 2 rings (SSSR count). The number of hydrogen-bond acceptors (Lipinski definition) is 5. The first-order valence-electron chi connectivity index (χ1n) is 8.21. The zero-order valence-corrected chi connectivity index (χ0v) is 15.1. The molecule has 0 spiro atoms. The monoisotopic (exact) mass is 320 g/mol. The Kier molecular flexibility index (Phi) is 5.57. The van der Waals surface area contributed by atoms with E-state index in [1.807, 2.05) is 25.8 Å². The number of likely N-dealkylation sites (N-methyl/N-ethyl adjacent to an activating group) is 1. The zero-order chi connectivity index (χ0) is 17.1. The normalized spacial score (nSPS) is 17.2. The number of aromatic nitrogens is 2. The fourth-order valence-corrected chi connectivity index (χ4v) is 3.09. The molecule has 0 radical (unpaired) electrons. The van der Waals surface area contributed by atoms with Gasteiger partial charge in [0.15, 0.2) is 0 Å². The second-order valence-corrected chi connectivity index (χ2v) is 6.35. The van der Waals surface area contributed by atoms with Crippen LogP contribution in [0.5, 0.6) is 0 Å². The summed E-state index contributed by atoms with van der Waals surface area (Å²) in [6.07, 6.45) is 1.51. The molecular formula is C17H28N4O2. The Morgan fingerprint density at radius 1 is 1.26 bits per heavy atom. The molecule has 1 aliphatic heterocycles. The highest BCUT2D eigenvalue weighted by molar-refractivity contribution is 5.80. The van der Waals surface area contributed by atoms with Gasteiger partial charge in [0.2, 0.25) is 0 Å². The van der Waals surface area contributed by atoms with E-state index in [9.17, 15) is 4.79 Å². The lowest BCUT2D eigenvalue weighted by Crippen LogP contribution is -2.48. The zero-order valence-electron chi connectivity index (χ0n) is 15.1. The van der Waals surface area contributed by atoms with Gasteiger partial charge in [0.05, 0.1) is 0 Å². The van der Waals surface area contributed by atoms with Gasteiger partial charge < -0.3 is 14.5 Å². The van der Waals surface area contributed by atoms with E-state index in [1.165, 1.54) is 0 Å². The lowest BCUT2D eigenvalue weighted by Gasteiger charge is -2.38. The standard InChI is InChI=1S/C17H28N4O2/c1-11-12(2)18-14(4)19-16(11)21-9-7-15(8-10-21)20(5)17(22)13(3)23-6/h13,15H,7-10H2,1-6H3. The molecule has 1 saturated heterocycles. The Bertz CT molecular complexity index is 568. The first-order chi connectivity index (χ1) is 10.8. The minimum absolute atomic E-state index is 0.0517. The lowest BCUT2D eigenvalue weighted by molar-refractivity contribution is -0.142. The number of amides is 1. The van der Waals surface area contributed by atoms with E-state index in [-0.39, 0.29) is 18.1 Å². The van der Waals surface area contributed by atoms with Crippen molar-refractivity contribution in [2.24, 2.45) is 0 Å². The first kappa shape index (κ1) is 17.7. The molecule has 6 heteroatoms. The highest BCUT2D eigenvalue weighted by Gasteiger charge is 2.28. The average molecular weight is 320 g/mol. The summed E-state index contributed by atoms with van der Waals surface area (Å²) >= 11 is 0. The third-order valence-corrected chi connectivity index (χ3v) is 4.84. The Labute approximate surface area is 138 Å². The first-order valence-corrected chi connectivity index (χ1v) is 8.21. The van der Waals surface area contributed by atoms with E-state index in [4.69, 9.17) is 4.74 Å². The van der Waals surface area contributed by atoms with Gasteiger partial charge in [0.1, 0.15) is 17.7 Å². The van der Waals surface area contributed by atoms with Crippen molar-refractivity contribution < 1.29 is 9.53 Å². The van der Waals surface area contributed by atoms with Crippen LogP contribution in [0.15, 0.2) is 0 Å². The number of anilines is 1. The van der Waals surface area contributed by atoms with E-state index in [0.29, 0.717) is 0 Å². The molecule has 1 aromatic heterocycles. The number of ether oxygens (including phenoxy) is 1. The molecule has 1 unspecified atom stereocenters. The van der Waals surface area contributed by atoms with Crippen molar-refractivity contribution in [2.75, 3.05) is 32.1 Å². The smallest absolute Gasteiger partial charge is 0.251 e. The Morgan fingerprint density at radius 2 is 1.87 bits per heavy atom. The summed E-state index contributed by atoms with van der Waals surface area (Å²) in [6.45, 7) is 9.64. The number of nitrogens with zero attached hydrogens (tertiary/aromatic N) is 4. The van der Waals surface area contributed by atoms with Gasteiger partial charge in [0.25, 0.3) is 5.91 Å². The summed E-state index contributed by atoms with van der Waals surface area (Å²) in [7, 11) is 3.45. The van der Waals surface area contributed by atoms with E-state index in [1.54, 1.807) is 14.0 Å². The van der Waals surface area contributed by atoms with Gasteiger partial charge in [-0.1, -0.05) is 0 Å². The minimum atomic E-state index is -0.382. The second kappa shape index (κ2) is 7.25. The maximum absolute atomic E-state index is 12.2. The van der Waals surface area contributed by atoms with Crippen molar-refractivity contribution in [3.63, 3.8) is 0 Å². The van der Waals surface area contributed by atoms with Crippen LogP contribution in [0, 0.1) is 20.8 Å². The molecule has 1 amide bonds. The van der Waals surface area contributed by atoms with Gasteiger partial charge in [-0.25, -0.2) is 9.97 Å². The molecule has 1 atom stereocenters. The van der Waals surface area contributed by atoms with Gasteiger partial charge in [-0.05, 0) is 40.5 Å². The van der Waals surface area contributed by atoms with Gasteiger partial charge in [-0.3, -0.25) is 4.79 Å². The van der Waals surface area contributed by atoms with E-state index in [0.717, 1.165) is 48.8 Å². The molecule has 0 aliphatic carbocycles. The van der Waals surface area contributed by atoms with Crippen molar-refractivity contribution in [2.45, 2.75) is 52.7 Å². The highest BCUT2D eigenvalue weighted by atomic mass is 16.5. The molecule has 0 N–H and O–H groups in total.